The van der Waals surface area contributed by atoms with Gasteiger partial charge >= 0.3 is 0 Å². The number of hydrogen-bond acceptors (Lipinski definition) is 7. The minimum Gasteiger partial charge on any atom is -0.353 e. The molecule has 0 saturated carbocycles. The van der Waals surface area contributed by atoms with Crippen molar-refractivity contribution in [2.75, 3.05) is 18.8 Å². The first-order valence-corrected chi connectivity index (χ1v) is 9.05. The van der Waals surface area contributed by atoms with Crippen LogP contribution in [-0.4, -0.2) is 51.0 Å². The molecule has 1 N–H and O–H groups in total. The predicted molar refractivity (Wildman–Crippen MR) is 84.7 cm³/mol. The third kappa shape index (κ3) is 4.45. The van der Waals surface area contributed by atoms with Crippen LogP contribution in [-0.2, 0) is 9.59 Å². The van der Waals surface area contributed by atoms with Crippen LogP contribution in [0.1, 0.15) is 12.6 Å². The fourth-order valence-electron chi connectivity index (χ4n) is 1.62. The molecule has 1 aliphatic rings. The van der Waals surface area contributed by atoms with Gasteiger partial charge in [-0.15, -0.1) is 11.3 Å². The number of nitrogens with zero attached hydrogens (tertiary/aromatic N) is 2. The molecule has 21 heavy (non-hydrogen) atoms. The van der Waals surface area contributed by atoms with Gasteiger partial charge in [-0.3, -0.25) is 19.3 Å². The number of nitrogens with one attached hydrogen (secondary N) is 1. The van der Waals surface area contributed by atoms with Gasteiger partial charge in [-0.05, 0) is 13.8 Å². The number of imide groups is 1. The van der Waals surface area contributed by atoms with E-state index in [0.29, 0.717) is 0 Å². The number of aryl methyl sites for hydroxylation is 1. The van der Waals surface area contributed by atoms with Crippen molar-refractivity contribution in [3.8, 4) is 0 Å². The molecule has 1 aromatic rings. The maximum Gasteiger partial charge on any atom is 0.288 e. The molecule has 114 valence electrons. The van der Waals surface area contributed by atoms with Crippen LogP contribution < -0.4 is 5.32 Å². The van der Waals surface area contributed by atoms with Crippen LogP contribution in [0.5, 0.6) is 0 Å². The number of aromatic nitrogens is 1. The molecule has 1 atom stereocenters. The lowest BCUT2D eigenvalue weighted by Crippen LogP contribution is -2.39. The summed E-state index contributed by atoms with van der Waals surface area (Å²) in [6, 6.07) is 0. The van der Waals surface area contributed by atoms with Gasteiger partial charge in [0.05, 0.1) is 11.0 Å². The molecular formula is C12H15N3O3S3. The van der Waals surface area contributed by atoms with Crippen LogP contribution in [0.3, 0.4) is 0 Å². The Morgan fingerprint density at radius 2 is 2.33 bits per heavy atom. The molecule has 0 unspecified atom stereocenters. The van der Waals surface area contributed by atoms with Crippen LogP contribution in [0.25, 0.3) is 0 Å². The van der Waals surface area contributed by atoms with Gasteiger partial charge in [-0.2, -0.15) is 0 Å². The first-order valence-electron chi connectivity index (χ1n) is 6.31. The highest BCUT2D eigenvalue weighted by atomic mass is 32.2. The highest BCUT2D eigenvalue weighted by Gasteiger charge is 2.29. The summed E-state index contributed by atoms with van der Waals surface area (Å²) in [5.41, 5.74) is 0.943. The SMILES string of the molecule is Cc1csc(S[C@@H](C)C(=O)NCCN2C(=O)CSC2=O)n1. The lowest BCUT2D eigenvalue weighted by Gasteiger charge is -2.14. The largest absolute Gasteiger partial charge is 0.353 e. The zero-order valence-corrected chi connectivity index (χ0v) is 14.1. The van der Waals surface area contributed by atoms with Crippen LogP contribution in [0.2, 0.25) is 0 Å². The summed E-state index contributed by atoms with van der Waals surface area (Å²) in [6.45, 7) is 4.22. The van der Waals surface area contributed by atoms with E-state index in [1.165, 1.54) is 28.0 Å². The number of carbonyl (C=O) groups excluding carboxylic acids is 3. The Balaban J connectivity index is 1.74. The summed E-state index contributed by atoms with van der Waals surface area (Å²) in [6.07, 6.45) is 0. The van der Waals surface area contributed by atoms with Crippen LogP contribution in [0, 0.1) is 6.92 Å². The second kappa shape index (κ2) is 7.28. The minimum absolute atomic E-state index is 0.125. The Hall–Kier alpha value is -1.06. The normalized spacial score (nSPS) is 16.4. The van der Waals surface area contributed by atoms with Crippen molar-refractivity contribution in [3.05, 3.63) is 11.1 Å². The Labute approximate surface area is 135 Å². The number of rotatable bonds is 6. The molecular weight excluding hydrogens is 330 g/mol. The molecule has 9 heteroatoms. The maximum atomic E-state index is 11.9. The average molecular weight is 345 g/mol. The molecule has 1 fully saturated rings. The summed E-state index contributed by atoms with van der Waals surface area (Å²) in [5.74, 6) is -0.123. The lowest BCUT2D eigenvalue weighted by molar-refractivity contribution is -0.125. The van der Waals surface area contributed by atoms with E-state index < -0.39 is 0 Å². The number of amides is 3. The smallest absolute Gasteiger partial charge is 0.288 e. The van der Waals surface area contributed by atoms with E-state index >= 15 is 0 Å². The summed E-state index contributed by atoms with van der Waals surface area (Å²) in [4.78, 5) is 40.2. The number of thiazole rings is 1. The van der Waals surface area contributed by atoms with Crippen molar-refractivity contribution in [2.24, 2.45) is 0 Å². The molecule has 0 radical (unpaired) electrons. The van der Waals surface area contributed by atoms with Gasteiger partial charge in [0.1, 0.15) is 0 Å². The first kappa shape index (κ1) is 16.3. The zero-order valence-electron chi connectivity index (χ0n) is 11.6. The molecule has 0 spiro atoms. The number of thioether (sulfide) groups is 2. The molecule has 1 saturated heterocycles. The molecule has 1 aliphatic heterocycles. The molecule has 2 heterocycles. The molecule has 0 aromatic carbocycles. The highest BCUT2D eigenvalue weighted by Crippen LogP contribution is 2.26. The van der Waals surface area contributed by atoms with Gasteiger partial charge in [0.15, 0.2) is 4.34 Å². The molecule has 2 rings (SSSR count). The number of hydrogen-bond donors (Lipinski definition) is 1. The monoisotopic (exact) mass is 345 g/mol. The van der Waals surface area contributed by atoms with E-state index in [9.17, 15) is 14.4 Å². The van der Waals surface area contributed by atoms with E-state index in [0.717, 1.165) is 21.8 Å². The molecule has 6 nitrogen and oxygen atoms in total. The third-order valence-corrected chi connectivity index (χ3v) is 5.77. The quantitative estimate of drug-likeness (QED) is 0.791. The van der Waals surface area contributed by atoms with Crippen molar-refractivity contribution in [1.29, 1.82) is 0 Å². The fourth-order valence-corrected chi connectivity index (χ4v) is 4.38. The standard InChI is InChI=1S/C12H15N3O3S3/c1-7-5-19-11(14-7)21-8(2)10(17)13-3-4-15-9(16)6-20-12(15)18/h5,8H,3-4,6H2,1-2H3,(H,13,17)/t8-/m0/s1. The van der Waals surface area contributed by atoms with Crippen molar-refractivity contribution in [2.45, 2.75) is 23.4 Å². The lowest BCUT2D eigenvalue weighted by atomic mass is 10.4. The molecule has 1 aromatic heterocycles. The van der Waals surface area contributed by atoms with Crippen molar-refractivity contribution < 1.29 is 14.4 Å². The predicted octanol–water partition coefficient (Wildman–Crippen LogP) is 1.74. The molecule has 3 amide bonds. The van der Waals surface area contributed by atoms with Gasteiger partial charge in [0, 0.05) is 24.2 Å². The summed E-state index contributed by atoms with van der Waals surface area (Å²) in [7, 11) is 0. The molecule has 0 aliphatic carbocycles. The average Bonchev–Trinajstić information content (AvgIpc) is 2.98. The highest BCUT2D eigenvalue weighted by molar-refractivity contribution is 8.14. The van der Waals surface area contributed by atoms with Gasteiger partial charge in [-0.25, -0.2) is 4.98 Å². The number of carbonyl (C=O) groups is 3. The second-order valence-electron chi connectivity index (χ2n) is 4.41. The Morgan fingerprint density at radius 3 is 2.90 bits per heavy atom. The van der Waals surface area contributed by atoms with E-state index in [1.807, 2.05) is 12.3 Å². The van der Waals surface area contributed by atoms with Gasteiger partial charge in [0.2, 0.25) is 11.8 Å². The van der Waals surface area contributed by atoms with Crippen molar-refractivity contribution >= 4 is 51.9 Å². The Kier molecular flexibility index (Phi) is 5.65. The fraction of sp³-hybridized carbons (Fsp3) is 0.500. The Morgan fingerprint density at radius 1 is 1.57 bits per heavy atom. The Bertz CT molecular complexity index is 545. The second-order valence-corrected chi connectivity index (χ2v) is 7.78. The van der Waals surface area contributed by atoms with Gasteiger partial charge in [0.25, 0.3) is 5.24 Å². The summed E-state index contributed by atoms with van der Waals surface area (Å²) < 4.78 is 0.858. The minimum atomic E-state index is -0.269. The topological polar surface area (TPSA) is 79.4 Å². The summed E-state index contributed by atoms with van der Waals surface area (Å²) in [5, 5.41) is 4.17. The van der Waals surface area contributed by atoms with Crippen molar-refractivity contribution in [3.63, 3.8) is 0 Å². The summed E-state index contributed by atoms with van der Waals surface area (Å²) >= 11 is 3.91. The maximum absolute atomic E-state index is 11.9. The third-order valence-electron chi connectivity index (χ3n) is 2.72. The zero-order chi connectivity index (χ0) is 15.4. The van der Waals surface area contributed by atoms with Gasteiger partial charge in [-0.1, -0.05) is 23.5 Å². The van der Waals surface area contributed by atoms with Crippen LogP contribution in [0.15, 0.2) is 9.72 Å². The van der Waals surface area contributed by atoms with Crippen LogP contribution >= 0.6 is 34.9 Å². The van der Waals surface area contributed by atoms with E-state index in [2.05, 4.69) is 10.3 Å². The van der Waals surface area contributed by atoms with Crippen molar-refractivity contribution in [1.82, 2.24) is 15.2 Å². The molecule has 0 bridgehead atoms. The van der Waals surface area contributed by atoms with E-state index in [1.54, 1.807) is 6.92 Å². The van der Waals surface area contributed by atoms with Crippen LogP contribution in [0.4, 0.5) is 4.79 Å². The first-order chi connectivity index (χ1) is 9.97. The van der Waals surface area contributed by atoms with E-state index in [4.69, 9.17) is 0 Å². The van der Waals surface area contributed by atoms with Gasteiger partial charge < -0.3 is 5.32 Å². The van der Waals surface area contributed by atoms with E-state index in [-0.39, 0.29) is 41.1 Å².